The number of halogens is 1. The highest BCUT2D eigenvalue weighted by atomic mass is 79.9. The molecular formula is C13H13BrN2O. The van der Waals surface area contributed by atoms with Crippen molar-refractivity contribution in [3.8, 4) is 0 Å². The predicted octanol–water partition coefficient (Wildman–Crippen LogP) is 2.50. The Balaban J connectivity index is 2.12. The molecule has 0 radical (unpaired) electrons. The molecule has 1 fully saturated rings. The van der Waals surface area contributed by atoms with Crippen molar-refractivity contribution in [3.05, 3.63) is 52.5 Å². The fraction of sp³-hybridized carbons (Fsp3) is 0.308. The first-order valence-corrected chi connectivity index (χ1v) is 6.33. The van der Waals surface area contributed by atoms with Gasteiger partial charge in [0.05, 0.1) is 18.6 Å². The van der Waals surface area contributed by atoms with Crippen LogP contribution in [0.2, 0.25) is 0 Å². The summed E-state index contributed by atoms with van der Waals surface area (Å²) in [5, 5.41) is 0. The van der Waals surface area contributed by atoms with E-state index in [9.17, 15) is 0 Å². The second-order valence-electron chi connectivity index (χ2n) is 4.45. The van der Waals surface area contributed by atoms with Gasteiger partial charge in [-0.3, -0.25) is 0 Å². The van der Waals surface area contributed by atoms with E-state index in [0.717, 1.165) is 10.3 Å². The molecule has 1 saturated heterocycles. The Morgan fingerprint density at radius 1 is 1.41 bits per heavy atom. The van der Waals surface area contributed by atoms with E-state index < -0.39 is 0 Å². The summed E-state index contributed by atoms with van der Waals surface area (Å²) in [7, 11) is 2.03. The van der Waals surface area contributed by atoms with E-state index >= 15 is 0 Å². The molecule has 3 rings (SSSR count). The van der Waals surface area contributed by atoms with Crippen molar-refractivity contribution in [2.45, 2.75) is 5.41 Å². The Hall–Kier alpha value is -1.13. The Morgan fingerprint density at radius 3 is 2.76 bits per heavy atom. The quantitative estimate of drug-likeness (QED) is 0.850. The molecule has 0 N–H and O–H groups in total. The van der Waals surface area contributed by atoms with Gasteiger partial charge in [0.1, 0.15) is 5.82 Å². The van der Waals surface area contributed by atoms with Gasteiger partial charge in [0.15, 0.2) is 0 Å². The van der Waals surface area contributed by atoms with Crippen LogP contribution in [-0.2, 0) is 17.2 Å². The lowest BCUT2D eigenvalue weighted by Crippen LogP contribution is -2.49. The lowest BCUT2D eigenvalue weighted by Gasteiger charge is -2.41. The first-order chi connectivity index (χ1) is 8.22. The van der Waals surface area contributed by atoms with Gasteiger partial charge in [-0.1, -0.05) is 28.1 Å². The van der Waals surface area contributed by atoms with Gasteiger partial charge in [0.25, 0.3) is 0 Å². The number of aromatic nitrogens is 2. The minimum atomic E-state index is -0.0813. The van der Waals surface area contributed by atoms with Gasteiger partial charge in [-0.05, 0) is 17.7 Å². The third-order valence-electron chi connectivity index (χ3n) is 3.32. The number of imidazole rings is 1. The van der Waals surface area contributed by atoms with Crippen molar-refractivity contribution in [1.82, 2.24) is 9.55 Å². The zero-order valence-electron chi connectivity index (χ0n) is 9.56. The second-order valence-corrected chi connectivity index (χ2v) is 5.36. The number of nitrogens with zero attached hydrogens (tertiary/aromatic N) is 2. The van der Waals surface area contributed by atoms with Crippen LogP contribution in [0.5, 0.6) is 0 Å². The topological polar surface area (TPSA) is 27.1 Å². The third kappa shape index (κ3) is 1.63. The number of ether oxygens (including phenoxy) is 1. The molecule has 4 heteroatoms. The Bertz CT molecular complexity index is 546. The maximum Gasteiger partial charge on any atom is 0.123 e. The molecule has 0 spiro atoms. The van der Waals surface area contributed by atoms with Crippen molar-refractivity contribution in [1.29, 1.82) is 0 Å². The summed E-state index contributed by atoms with van der Waals surface area (Å²) < 4.78 is 8.61. The molecule has 2 aromatic rings. The monoisotopic (exact) mass is 292 g/mol. The summed E-state index contributed by atoms with van der Waals surface area (Å²) in [5.41, 5.74) is 1.18. The van der Waals surface area contributed by atoms with Gasteiger partial charge in [0, 0.05) is 23.9 Å². The number of aryl methyl sites for hydroxylation is 1. The van der Waals surface area contributed by atoms with E-state index in [1.54, 1.807) is 0 Å². The van der Waals surface area contributed by atoms with Gasteiger partial charge in [0.2, 0.25) is 0 Å². The lowest BCUT2D eigenvalue weighted by atomic mass is 9.78. The van der Waals surface area contributed by atoms with Gasteiger partial charge < -0.3 is 9.30 Å². The Morgan fingerprint density at radius 2 is 2.24 bits per heavy atom. The number of hydrogen-bond donors (Lipinski definition) is 0. The molecule has 1 aromatic carbocycles. The SMILES string of the molecule is Cn1ccnc1C1(c2cccc(Br)c2)COC1. The summed E-state index contributed by atoms with van der Waals surface area (Å²) >= 11 is 3.52. The van der Waals surface area contributed by atoms with Crippen LogP contribution < -0.4 is 0 Å². The van der Waals surface area contributed by atoms with Crippen LogP contribution in [0.1, 0.15) is 11.4 Å². The lowest BCUT2D eigenvalue weighted by molar-refractivity contribution is -0.0433. The van der Waals surface area contributed by atoms with Crippen LogP contribution in [0.15, 0.2) is 41.1 Å². The van der Waals surface area contributed by atoms with Gasteiger partial charge in [-0.25, -0.2) is 4.98 Å². The molecule has 0 bridgehead atoms. The smallest absolute Gasteiger partial charge is 0.123 e. The highest BCUT2D eigenvalue weighted by Crippen LogP contribution is 2.38. The number of hydrogen-bond acceptors (Lipinski definition) is 2. The Kier molecular flexibility index (Phi) is 2.56. The molecule has 0 aliphatic carbocycles. The van der Waals surface area contributed by atoms with Crippen molar-refractivity contribution in [2.24, 2.45) is 7.05 Å². The minimum absolute atomic E-state index is 0.0813. The minimum Gasteiger partial charge on any atom is -0.378 e. The average Bonchev–Trinajstić information content (AvgIpc) is 2.64. The van der Waals surface area contributed by atoms with E-state index in [0.29, 0.717) is 13.2 Å². The number of benzene rings is 1. The van der Waals surface area contributed by atoms with Crippen LogP contribution in [0.4, 0.5) is 0 Å². The van der Waals surface area contributed by atoms with Crippen molar-refractivity contribution >= 4 is 15.9 Å². The molecule has 0 amide bonds. The van der Waals surface area contributed by atoms with E-state index in [1.165, 1.54) is 5.56 Å². The molecule has 1 aliphatic rings. The maximum atomic E-state index is 5.44. The highest BCUT2D eigenvalue weighted by Gasteiger charge is 2.45. The largest absolute Gasteiger partial charge is 0.378 e. The molecule has 1 aliphatic heterocycles. The van der Waals surface area contributed by atoms with Crippen molar-refractivity contribution < 1.29 is 4.74 Å². The van der Waals surface area contributed by atoms with E-state index in [-0.39, 0.29) is 5.41 Å². The van der Waals surface area contributed by atoms with Crippen LogP contribution in [-0.4, -0.2) is 22.8 Å². The molecule has 0 unspecified atom stereocenters. The van der Waals surface area contributed by atoms with Crippen molar-refractivity contribution in [3.63, 3.8) is 0 Å². The fourth-order valence-corrected chi connectivity index (χ4v) is 2.74. The summed E-state index contributed by atoms with van der Waals surface area (Å²) in [6.45, 7) is 1.41. The molecular weight excluding hydrogens is 280 g/mol. The molecule has 2 heterocycles. The Labute approximate surface area is 109 Å². The van der Waals surface area contributed by atoms with Gasteiger partial charge >= 0.3 is 0 Å². The van der Waals surface area contributed by atoms with Gasteiger partial charge in [-0.15, -0.1) is 0 Å². The molecule has 17 heavy (non-hydrogen) atoms. The third-order valence-corrected chi connectivity index (χ3v) is 3.82. The molecule has 1 aromatic heterocycles. The molecule has 0 saturated carbocycles. The van der Waals surface area contributed by atoms with Crippen LogP contribution in [0.3, 0.4) is 0 Å². The second kappa shape index (κ2) is 3.96. The normalized spacial score (nSPS) is 17.8. The molecule has 88 valence electrons. The fourth-order valence-electron chi connectivity index (χ4n) is 2.34. The van der Waals surface area contributed by atoms with Crippen LogP contribution >= 0.6 is 15.9 Å². The van der Waals surface area contributed by atoms with Crippen LogP contribution in [0.25, 0.3) is 0 Å². The first kappa shape index (κ1) is 11.0. The summed E-state index contributed by atoms with van der Waals surface area (Å²) in [6, 6.07) is 8.39. The van der Waals surface area contributed by atoms with E-state index in [4.69, 9.17) is 4.74 Å². The first-order valence-electron chi connectivity index (χ1n) is 5.54. The van der Waals surface area contributed by atoms with Crippen LogP contribution in [0, 0.1) is 0 Å². The zero-order valence-corrected chi connectivity index (χ0v) is 11.1. The summed E-state index contributed by atoms with van der Waals surface area (Å²) in [5.74, 6) is 1.07. The van der Waals surface area contributed by atoms with Gasteiger partial charge in [-0.2, -0.15) is 0 Å². The predicted molar refractivity (Wildman–Crippen MR) is 68.9 cm³/mol. The molecule has 3 nitrogen and oxygen atoms in total. The summed E-state index contributed by atoms with van der Waals surface area (Å²) in [6.07, 6.45) is 3.82. The number of rotatable bonds is 2. The average molecular weight is 293 g/mol. The maximum absolute atomic E-state index is 5.44. The van der Waals surface area contributed by atoms with E-state index in [1.807, 2.05) is 25.5 Å². The highest BCUT2D eigenvalue weighted by molar-refractivity contribution is 9.10. The molecule has 0 atom stereocenters. The zero-order chi connectivity index (χ0) is 11.9. The summed E-state index contributed by atoms with van der Waals surface area (Å²) in [4.78, 5) is 4.48. The van der Waals surface area contributed by atoms with Crippen molar-refractivity contribution in [2.75, 3.05) is 13.2 Å². The standard InChI is InChI=1S/C13H13BrN2O/c1-16-6-5-15-12(16)13(8-17-9-13)10-3-2-4-11(14)7-10/h2-7H,8-9H2,1H3. The van der Waals surface area contributed by atoms with E-state index in [2.05, 4.69) is 43.7 Å².